The topological polar surface area (TPSA) is 0 Å². The molecule has 0 aliphatic carbocycles. The van der Waals surface area contributed by atoms with Crippen LogP contribution in [0.4, 0.5) is 61.5 Å². The Hall–Kier alpha value is -0.0579. The van der Waals surface area contributed by atoms with E-state index in [-0.39, 0.29) is 27.3 Å². The molecule has 0 heterocycles. The van der Waals surface area contributed by atoms with Gasteiger partial charge in [0.2, 0.25) is 0 Å². The van der Waals surface area contributed by atoms with Gasteiger partial charge in [-0.05, 0) is 0 Å². The first-order valence-corrected chi connectivity index (χ1v) is 3.65. The van der Waals surface area contributed by atoms with Gasteiger partial charge in [-0.1, -0.05) is 0 Å². The van der Waals surface area contributed by atoms with Crippen molar-refractivity contribution in [1.82, 2.24) is 0 Å². The molecule has 0 N–H and O–H groups in total. The van der Waals surface area contributed by atoms with Gasteiger partial charge in [0.05, 0.1) is 0 Å². The summed E-state index contributed by atoms with van der Waals surface area (Å²) in [5.41, 5.74) is 0. The van der Waals surface area contributed by atoms with Gasteiger partial charge in [-0.2, -0.15) is 0 Å². The summed E-state index contributed by atoms with van der Waals surface area (Å²) in [7, 11) is 0. The predicted octanol–water partition coefficient (Wildman–Crippen LogP) is 5.22. The summed E-state index contributed by atoms with van der Waals surface area (Å²) in [4.78, 5) is 0. The van der Waals surface area contributed by atoms with E-state index < -0.39 is 37.0 Å². The monoisotopic (exact) mass is 452 g/mol. The molecule has 0 nitrogen and oxygen atoms in total. The molecule has 0 saturated carbocycles. The minimum Gasteiger partial charge on any atom is -0.438 e. The SMILES string of the molecule is F[C-](C(F)(F)F)C(F)(F)F.F[C-](C(F)(F)F)C(F)(F)F.[Cd+2]. The summed E-state index contributed by atoms with van der Waals surface area (Å²) in [6.45, 7) is 0. The first-order chi connectivity index (χ1) is 8.31. The van der Waals surface area contributed by atoms with E-state index in [4.69, 9.17) is 0 Å². The van der Waals surface area contributed by atoms with Gasteiger partial charge in [0, 0.05) is 12.3 Å². The van der Waals surface area contributed by atoms with Gasteiger partial charge in [-0.15, -0.1) is 0 Å². The Morgan fingerprint density at radius 2 is 0.476 bits per heavy atom. The number of hydrogen-bond donors (Lipinski definition) is 0. The first-order valence-electron chi connectivity index (χ1n) is 3.65. The molecule has 0 aromatic heterocycles. The van der Waals surface area contributed by atoms with Crippen LogP contribution in [0.5, 0.6) is 0 Å². The van der Waals surface area contributed by atoms with Crippen molar-refractivity contribution in [2.45, 2.75) is 24.7 Å². The third-order valence-electron chi connectivity index (χ3n) is 0.996. The van der Waals surface area contributed by atoms with Crippen LogP contribution >= 0.6 is 0 Å². The first kappa shape index (κ1) is 25.9. The van der Waals surface area contributed by atoms with Crippen molar-refractivity contribution in [3.63, 3.8) is 0 Å². The van der Waals surface area contributed by atoms with Crippen LogP contribution in [-0.4, -0.2) is 24.7 Å². The van der Waals surface area contributed by atoms with Gasteiger partial charge < -0.3 is 8.78 Å². The Kier molecular flexibility index (Phi) is 9.83. The molecule has 0 aliphatic rings. The molecule has 124 valence electrons. The molecular formula is C6CdF14. The second-order valence-corrected chi connectivity index (χ2v) is 2.62. The average molecular weight is 450 g/mol. The van der Waals surface area contributed by atoms with E-state index in [1.807, 2.05) is 0 Å². The van der Waals surface area contributed by atoms with Crippen LogP contribution in [0.1, 0.15) is 0 Å². The Morgan fingerprint density at radius 3 is 0.476 bits per heavy atom. The summed E-state index contributed by atoms with van der Waals surface area (Å²) < 4.78 is 152. The van der Waals surface area contributed by atoms with E-state index in [2.05, 4.69) is 0 Å². The summed E-state index contributed by atoms with van der Waals surface area (Å²) in [6.07, 6.45) is -31.6. The summed E-state index contributed by atoms with van der Waals surface area (Å²) in [6, 6.07) is 0. The van der Waals surface area contributed by atoms with E-state index >= 15 is 0 Å². The maximum atomic E-state index is 11.1. The molecule has 0 unspecified atom stereocenters. The van der Waals surface area contributed by atoms with Gasteiger partial charge >= 0.3 is 52.0 Å². The number of halogens is 14. The van der Waals surface area contributed by atoms with Crippen molar-refractivity contribution in [2.75, 3.05) is 0 Å². The van der Waals surface area contributed by atoms with Gasteiger partial charge in [0.25, 0.3) is 0 Å². The standard InChI is InChI=1S/2C3F7.Cd/c2*4-1(2(5,6)7)3(8,9)10;/q2*-1;+2. The van der Waals surface area contributed by atoms with Gasteiger partial charge in [0.15, 0.2) is 0 Å². The van der Waals surface area contributed by atoms with E-state index in [1.165, 1.54) is 0 Å². The molecule has 21 heavy (non-hydrogen) atoms. The minimum atomic E-state index is -5.93. The van der Waals surface area contributed by atoms with Crippen LogP contribution < -0.4 is 0 Å². The van der Waals surface area contributed by atoms with Crippen LogP contribution in [-0.2, 0) is 27.3 Å². The van der Waals surface area contributed by atoms with Crippen molar-refractivity contribution in [3.8, 4) is 0 Å². The smallest absolute Gasteiger partial charge is 0.438 e. The second kappa shape index (κ2) is 7.98. The number of rotatable bonds is 0. The third kappa shape index (κ3) is 11.2. The molecule has 0 aliphatic heterocycles. The van der Waals surface area contributed by atoms with Crippen LogP contribution in [0.3, 0.4) is 0 Å². The fourth-order valence-electron chi connectivity index (χ4n) is 0.321. The van der Waals surface area contributed by atoms with Gasteiger partial charge in [0.1, 0.15) is 0 Å². The largest absolute Gasteiger partial charge is 2.00 e. The summed E-state index contributed by atoms with van der Waals surface area (Å²) in [5, 5.41) is 0. The predicted molar refractivity (Wildman–Crippen MR) is 32.9 cm³/mol. The van der Waals surface area contributed by atoms with E-state index in [0.29, 0.717) is 0 Å². The molecule has 0 fully saturated rings. The van der Waals surface area contributed by atoms with Crippen molar-refractivity contribution in [1.29, 1.82) is 0 Å². The average Bonchev–Trinajstić information content (AvgIpc) is 2.10. The quantitative estimate of drug-likeness (QED) is 0.270. The molecule has 0 amide bonds. The zero-order valence-electron chi connectivity index (χ0n) is 9.00. The molecular weight excluding hydrogens is 450 g/mol. The molecule has 0 aromatic rings. The van der Waals surface area contributed by atoms with Crippen LogP contribution in [0.25, 0.3) is 0 Å². The van der Waals surface area contributed by atoms with E-state index in [1.54, 1.807) is 0 Å². The minimum absolute atomic E-state index is 0. The normalized spacial score (nSPS) is 13.7. The molecule has 15 heteroatoms. The summed E-state index contributed by atoms with van der Waals surface area (Å²) in [5.74, 6) is 0. The third-order valence-corrected chi connectivity index (χ3v) is 0.996. The zero-order valence-corrected chi connectivity index (χ0v) is 13.0. The fraction of sp³-hybridized carbons (Fsp3) is 0.667. The molecule has 0 atom stereocenters. The Labute approximate surface area is 126 Å². The zero-order chi connectivity index (χ0) is 17.2. The molecule has 0 aromatic carbocycles. The van der Waals surface area contributed by atoms with Gasteiger partial charge in [-0.25, -0.2) is 52.7 Å². The van der Waals surface area contributed by atoms with Crippen LogP contribution in [0.15, 0.2) is 0 Å². The van der Waals surface area contributed by atoms with E-state index in [9.17, 15) is 61.5 Å². The Morgan fingerprint density at radius 1 is 0.381 bits per heavy atom. The number of hydrogen-bond acceptors (Lipinski definition) is 0. The second-order valence-electron chi connectivity index (χ2n) is 2.62. The Balaban J connectivity index is -0.000000295. The van der Waals surface area contributed by atoms with Crippen molar-refractivity contribution in [2.24, 2.45) is 0 Å². The maximum Gasteiger partial charge on any atom is 2.00 e. The molecule has 0 bridgehead atoms. The van der Waals surface area contributed by atoms with Crippen molar-refractivity contribution in [3.05, 3.63) is 12.3 Å². The molecule has 0 rings (SSSR count). The van der Waals surface area contributed by atoms with E-state index in [0.717, 1.165) is 0 Å². The molecule has 0 spiro atoms. The fourth-order valence-corrected chi connectivity index (χ4v) is 0.321. The van der Waals surface area contributed by atoms with Crippen molar-refractivity contribution < 1.29 is 88.8 Å². The van der Waals surface area contributed by atoms with Crippen LogP contribution in [0.2, 0.25) is 0 Å². The Bertz CT molecular complexity index is 222. The van der Waals surface area contributed by atoms with Gasteiger partial charge in [-0.3, -0.25) is 0 Å². The molecule has 0 radical (unpaired) electrons. The summed E-state index contributed by atoms with van der Waals surface area (Å²) >= 11 is 0. The number of alkyl halides is 12. The van der Waals surface area contributed by atoms with Crippen molar-refractivity contribution >= 4 is 0 Å². The molecule has 0 saturated heterocycles. The maximum absolute atomic E-state index is 11.1. The van der Waals surface area contributed by atoms with Crippen LogP contribution in [0, 0.1) is 12.3 Å².